The molecule has 1 aromatic carbocycles. The molecule has 0 fully saturated rings. The lowest BCUT2D eigenvalue weighted by Gasteiger charge is -2.20. The molecule has 18 heavy (non-hydrogen) atoms. The highest BCUT2D eigenvalue weighted by Crippen LogP contribution is 2.19. The summed E-state index contributed by atoms with van der Waals surface area (Å²) >= 11 is 0. The number of hydrogen-bond acceptors (Lipinski definition) is 3. The lowest BCUT2D eigenvalue weighted by molar-refractivity contribution is 0.228. The fourth-order valence-electron chi connectivity index (χ4n) is 1.39. The molecule has 0 aliphatic rings. The van der Waals surface area contributed by atoms with E-state index in [2.05, 4.69) is 26.1 Å². The van der Waals surface area contributed by atoms with Gasteiger partial charge in [-0.25, -0.2) is 4.39 Å². The van der Waals surface area contributed by atoms with Crippen LogP contribution >= 0.6 is 0 Å². The summed E-state index contributed by atoms with van der Waals surface area (Å²) in [7, 11) is 0. The number of halogens is 1. The largest absolute Gasteiger partial charge is 0.490 e. The van der Waals surface area contributed by atoms with Crippen molar-refractivity contribution in [3.8, 4) is 5.75 Å². The van der Waals surface area contributed by atoms with E-state index in [0.717, 1.165) is 5.56 Å². The Labute approximate surface area is 108 Å². The molecule has 0 saturated heterocycles. The third-order valence-electron chi connectivity index (χ3n) is 2.38. The van der Waals surface area contributed by atoms with Gasteiger partial charge < -0.3 is 15.2 Å². The van der Waals surface area contributed by atoms with Gasteiger partial charge in [0.15, 0.2) is 11.6 Å². The van der Waals surface area contributed by atoms with Crippen LogP contribution in [0.3, 0.4) is 0 Å². The molecule has 0 radical (unpaired) electrons. The Balaban J connectivity index is 2.56. The van der Waals surface area contributed by atoms with Gasteiger partial charge in [-0.3, -0.25) is 0 Å². The van der Waals surface area contributed by atoms with Crippen LogP contribution in [0.4, 0.5) is 4.39 Å². The highest BCUT2D eigenvalue weighted by atomic mass is 19.1. The molecule has 0 aromatic heterocycles. The lowest BCUT2D eigenvalue weighted by atomic mass is 10.1. The van der Waals surface area contributed by atoms with Crippen LogP contribution in [0.2, 0.25) is 0 Å². The number of aliphatic hydroxyl groups excluding tert-OH is 1. The Bertz CT molecular complexity index is 375. The van der Waals surface area contributed by atoms with Crippen LogP contribution in [0.5, 0.6) is 5.75 Å². The number of aliphatic hydroxyl groups is 1. The fourth-order valence-corrected chi connectivity index (χ4v) is 1.39. The third-order valence-corrected chi connectivity index (χ3v) is 2.38. The highest BCUT2D eigenvalue weighted by Gasteiger charge is 2.10. The molecular weight excluding hydrogens is 233 g/mol. The molecule has 1 rings (SSSR count). The molecule has 2 N–H and O–H groups in total. The molecule has 0 aliphatic carbocycles. The van der Waals surface area contributed by atoms with Crippen molar-refractivity contribution in [2.24, 2.45) is 0 Å². The van der Waals surface area contributed by atoms with Crippen molar-refractivity contribution in [1.82, 2.24) is 5.32 Å². The molecule has 0 bridgehead atoms. The Morgan fingerprint density at radius 1 is 1.33 bits per heavy atom. The summed E-state index contributed by atoms with van der Waals surface area (Å²) in [6.07, 6.45) is 0.507. The predicted octanol–water partition coefficient (Wildman–Crippen LogP) is 2.48. The Morgan fingerprint density at radius 3 is 2.61 bits per heavy atom. The molecule has 0 amide bonds. The normalized spacial score (nSPS) is 11.6. The number of benzene rings is 1. The van der Waals surface area contributed by atoms with Crippen LogP contribution in [0.15, 0.2) is 18.2 Å². The van der Waals surface area contributed by atoms with Gasteiger partial charge in [-0.2, -0.15) is 0 Å². The van der Waals surface area contributed by atoms with E-state index >= 15 is 0 Å². The van der Waals surface area contributed by atoms with E-state index in [4.69, 9.17) is 9.84 Å². The topological polar surface area (TPSA) is 41.5 Å². The zero-order valence-corrected chi connectivity index (χ0v) is 11.3. The minimum absolute atomic E-state index is 0.00672. The van der Waals surface area contributed by atoms with Crippen molar-refractivity contribution >= 4 is 0 Å². The van der Waals surface area contributed by atoms with Gasteiger partial charge in [0.2, 0.25) is 0 Å². The van der Waals surface area contributed by atoms with Crippen LogP contribution in [0.25, 0.3) is 0 Å². The lowest BCUT2D eigenvalue weighted by Crippen LogP contribution is -2.35. The zero-order chi connectivity index (χ0) is 13.6. The van der Waals surface area contributed by atoms with Gasteiger partial charge in [0.25, 0.3) is 0 Å². The van der Waals surface area contributed by atoms with Crippen molar-refractivity contribution in [2.45, 2.75) is 39.3 Å². The second kappa shape index (κ2) is 6.71. The van der Waals surface area contributed by atoms with Crippen LogP contribution in [-0.4, -0.2) is 23.9 Å². The zero-order valence-electron chi connectivity index (χ0n) is 11.3. The molecule has 0 spiro atoms. The fraction of sp³-hybridized carbons (Fsp3) is 0.571. The van der Waals surface area contributed by atoms with Crippen LogP contribution < -0.4 is 10.1 Å². The predicted molar refractivity (Wildman–Crippen MR) is 70.2 cm³/mol. The summed E-state index contributed by atoms with van der Waals surface area (Å²) in [5.41, 5.74) is 0.893. The van der Waals surface area contributed by atoms with Gasteiger partial charge in [0, 0.05) is 25.1 Å². The summed E-state index contributed by atoms with van der Waals surface area (Å²) in [4.78, 5) is 0. The van der Waals surface area contributed by atoms with Gasteiger partial charge in [0.1, 0.15) is 0 Å². The molecule has 4 heteroatoms. The van der Waals surface area contributed by atoms with Crippen LogP contribution in [-0.2, 0) is 6.54 Å². The first-order chi connectivity index (χ1) is 8.42. The minimum Gasteiger partial charge on any atom is -0.490 e. The van der Waals surface area contributed by atoms with Crippen LogP contribution in [0, 0.1) is 5.82 Å². The first kappa shape index (κ1) is 14.9. The smallest absolute Gasteiger partial charge is 0.165 e. The first-order valence-electron chi connectivity index (χ1n) is 6.19. The van der Waals surface area contributed by atoms with E-state index in [1.165, 1.54) is 6.07 Å². The molecule has 3 nitrogen and oxygen atoms in total. The summed E-state index contributed by atoms with van der Waals surface area (Å²) in [5.74, 6) is -0.121. The first-order valence-corrected chi connectivity index (χ1v) is 6.19. The molecule has 0 heterocycles. The van der Waals surface area contributed by atoms with Gasteiger partial charge in [0.05, 0.1) is 6.61 Å². The highest BCUT2D eigenvalue weighted by molar-refractivity contribution is 5.29. The number of rotatable bonds is 6. The van der Waals surface area contributed by atoms with Crippen LogP contribution in [0.1, 0.15) is 32.8 Å². The molecule has 0 atom stereocenters. The van der Waals surface area contributed by atoms with Crippen molar-refractivity contribution < 1.29 is 14.2 Å². The molecule has 0 unspecified atom stereocenters. The second-order valence-electron chi connectivity index (χ2n) is 5.29. The molecule has 0 aliphatic heterocycles. The number of nitrogens with one attached hydrogen (secondary N) is 1. The van der Waals surface area contributed by atoms with E-state index in [0.29, 0.717) is 19.6 Å². The monoisotopic (exact) mass is 255 g/mol. The maximum Gasteiger partial charge on any atom is 0.165 e. The van der Waals surface area contributed by atoms with Gasteiger partial charge in [-0.1, -0.05) is 6.07 Å². The quantitative estimate of drug-likeness (QED) is 0.767. The Hall–Kier alpha value is -1.13. The molecular formula is C14H22FNO2. The molecule has 102 valence electrons. The maximum atomic E-state index is 13.7. The van der Waals surface area contributed by atoms with E-state index in [9.17, 15) is 4.39 Å². The second-order valence-corrected chi connectivity index (χ2v) is 5.29. The van der Waals surface area contributed by atoms with E-state index in [1.54, 1.807) is 6.07 Å². The number of hydrogen-bond donors (Lipinski definition) is 2. The standard InChI is InChI=1S/C14H22FNO2/c1-14(2,3)16-10-11-5-6-13(12(15)9-11)18-8-4-7-17/h5-6,9,16-17H,4,7-8,10H2,1-3H3. The van der Waals surface area contributed by atoms with Crippen molar-refractivity contribution in [2.75, 3.05) is 13.2 Å². The average molecular weight is 255 g/mol. The van der Waals surface area contributed by atoms with Crippen molar-refractivity contribution in [1.29, 1.82) is 0 Å². The maximum absolute atomic E-state index is 13.7. The van der Waals surface area contributed by atoms with E-state index < -0.39 is 0 Å². The third kappa shape index (κ3) is 5.47. The Morgan fingerprint density at radius 2 is 2.06 bits per heavy atom. The van der Waals surface area contributed by atoms with Crippen molar-refractivity contribution in [3.05, 3.63) is 29.6 Å². The SMILES string of the molecule is CC(C)(C)NCc1ccc(OCCCO)c(F)c1. The summed E-state index contributed by atoms with van der Waals surface area (Å²) < 4.78 is 18.9. The van der Waals surface area contributed by atoms with Gasteiger partial charge in [-0.15, -0.1) is 0 Å². The summed E-state index contributed by atoms with van der Waals surface area (Å²) in [6, 6.07) is 4.95. The van der Waals surface area contributed by atoms with E-state index in [-0.39, 0.29) is 23.7 Å². The molecule has 1 aromatic rings. The van der Waals surface area contributed by atoms with Gasteiger partial charge in [-0.05, 0) is 38.5 Å². The van der Waals surface area contributed by atoms with E-state index in [1.807, 2.05) is 6.07 Å². The average Bonchev–Trinajstić information content (AvgIpc) is 2.28. The summed E-state index contributed by atoms with van der Waals surface area (Å²) in [6.45, 7) is 7.20. The number of ether oxygens (including phenoxy) is 1. The molecule has 0 saturated carbocycles. The Kier molecular flexibility index (Phi) is 5.56. The minimum atomic E-state index is -0.360. The van der Waals surface area contributed by atoms with Gasteiger partial charge >= 0.3 is 0 Å². The summed E-state index contributed by atoms with van der Waals surface area (Å²) in [5, 5.41) is 11.9. The van der Waals surface area contributed by atoms with Crippen molar-refractivity contribution in [3.63, 3.8) is 0 Å².